The first-order valence-corrected chi connectivity index (χ1v) is 12.3. The number of anilines is 2. The van der Waals surface area contributed by atoms with Crippen LogP contribution in [0.25, 0.3) is 0 Å². The van der Waals surface area contributed by atoms with Gasteiger partial charge in [-0.25, -0.2) is 17.8 Å². The molecule has 2 aromatic rings. The maximum absolute atomic E-state index is 14.4. The zero-order chi connectivity index (χ0) is 20.0. The number of nitrogens with zero attached hydrogens (tertiary/aromatic N) is 2. The van der Waals surface area contributed by atoms with Crippen molar-refractivity contribution in [3.63, 3.8) is 0 Å². The number of nitrogens with one attached hydrogen (secondary N) is 3. The molecule has 0 spiro atoms. The third-order valence-electron chi connectivity index (χ3n) is 4.61. The van der Waals surface area contributed by atoms with Crippen LogP contribution in [0.5, 0.6) is 0 Å². The molecule has 1 atom stereocenters. The van der Waals surface area contributed by atoms with Gasteiger partial charge in [-0.2, -0.15) is 4.37 Å². The van der Waals surface area contributed by atoms with Crippen molar-refractivity contribution in [1.82, 2.24) is 14.7 Å². The summed E-state index contributed by atoms with van der Waals surface area (Å²) in [6, 6.07) is 3.17. The first-order valence-electron chi connectivity index (χ1n) is 9.21. The molecule has 0 unspecified atom stereocenters. The Hall–Kier alpha value is -1.30. The summed E-state index contributed by atoms with van der Waals surface area (Å²) in [4.78, 5) is 3.31. The summed E-state index contributed by atoms with van der Waals surface area (Å²) >= 11 is 4.20. The molecule has 2 heterocycles. The van der Waals surface area contributed by atoms with Gasteiger partial charge in [-0.15, -0.1) is 0 Å². The zero-order valence-corrected chi connectivity index (χ0v) is 18.5. The molecular weight excluding hydrogens is 469 g/mol. The average Bonchev–Trinajstić information content (AvgIpc) is 3.10. The first-order chi connectivity index (χ1) is 13.5. The van der Waals surface area contributed by atoms with Crippen LogP contribution in [0.15, 0.2) is 27.8 Å². The van der Waals surface area contributed by atoms with Gasteiger partial charge in [-0.1, -0.05) is 19.3 Å². The number of sulfonamides is 1. The van der Waals surface area contributed by atoms with E-state index in [0.29, 0.717) is 22.7 Å². The molecule has 1 saturated heterocycles. The number of rotatable bonds is 11. The summed E-state index contributed by atoms with van der Waals surface area (Å²) in [5, 5.41) is 6.66. The third kappa shape index (κ3) is 5.85. The summed E-state index contributed by atoms with van der Waals surface area (Å²) in [7, 11) is -4.07. The number of benzene rings is 1. The summed E-state index contributed by atoms with van der Waals surface area (Å²) in [6.45, 7) is 1.85. The predicted octanol–water partition coefficient (Wildman–Crippen LogP) is 3.96. The Labute approximate surface area is 176 Å². The van der Waals surface area contributed by atoms with Gasteiger partial charge in [0.05, 0.1) is 5.69 Å². The molecule has 3 rings (SSSR count). The smallest absolute Gasteiger partial charge is 0.266 e. The van der Waals surface area contributed by atoms with Crippen LogP contribution in [0.1, 0.15) is 38.5 Å². The van der Waals surface area contributed by atoms with E-state index in [2.05, 4.69) is 40.6 Å². The average molecular weight is 492 g/mol. The van der Waals surface area contributed by atoms with Gasteiger partial charge in [0.2, 0.25) is 5.13 Å². The molecule has 7 nitrogen and oxygen atoms in total. The molecule has 0 bridgehead atoms. The minimum atomic E-state index is -4.07. The van der Waals surface area contributed by atoms with Gasteiger partial charge < -0.3 is 10.6 Å². The van der Waals surface area contributed by atoms with Crippen LogP contribution in [0, 0.1) is 5.82 Å². The molecule has 1 aromatic carbocycles. The fourth-order valence-corrected chi connectivity index (χ4v) is 5.33. The molecule has 11 heteroatoms. The SMILES string of the molecule is O=S(=O)(Nc1ncns1)c1cc(Br)c(NCCCCCC[C@H]2CCN2)cc1F. The monoisotopic (exact) mass is 491 g/mol. The Bertz CT molecular complexity index is 876. The number of unbranched alkanes of at least 4 members (excludes halogenated alkanes) is 3. The molecule has 3 N–H and O–H groups in total. The predicted molar refractivity (Wildman–Crippen MR) is 113 cm³/mol. The lowest BCUT2D eigenvalue weighted by molar-refractivity contribution is 0.339. The number of aromatic nitrogens is 2. The van der Waals surface area contributed by atoms with E-state index in [9.17, 15) is 12.8 Å². The number of hydrogen-bond donors (Lipinski definition) is 3. The summed E-state index contributed by atoms with van der Waals surface area (Å²) < 4.78 is 45.6. The molecule has 0 radical (unpaired) electrons. The van der Waals surface area contributed by atoms with Crippen molar-refractivity contribution in [3.8, 4) is 0 Å². The van der Waals surface area contributed by atoms with Crippen molar-refractivity contribution >= 4 is 48.3 Å². The highest BCUT2D eigenvalue weighted by molar-refractivity contribution is 9.10. The summed E-state index contributed by atoms with van der Waals surface area (Å²) in [6.07, 6.45) is 8.26. The fraction of sp³-hybridized carbons (Fsp3) is 0.529. The lowest BCUT2D eigenvalue weighted by Crippen LogP contribution is -2.42. The molecule has 0 saturated carbocycles. The molecule has 0 amide bonds. The van der Waals surface area contributed by atoms with E-state index in [-0.39, 0.29) is 5.13 Å². The lowest BCUT2D eigenvalue weighted by atomic mass is 10.00. The Morgan fingerprint density at radius 2 is 2.07 bits per heavy atom. The van der Waals surface area contributed by atoms with E-state index < -0.39 is 20.7 Å². The van der Waals surface area contributed by atoms with Gasteiger partial charge >= 0.3 is 0 Å². The lowest BCUT2D eigenvalue weighted by Gasteiger charge is -2.27. The zero-order valence-electron chi connectivity index (χ0n) is 15.2. The van der Waals surface area contributed by atoms with Gasteiger partial charge in [0.25, 0.3) is 10.0 Å². The second-order valence-corrected chi connectivity index (χ2v) is 9.97. The van der Waals surface area contributed by atoms with E-state index in [1.54, 1.807) is 0 Å². The maximum atomic E-state index is 14.4. The van der Waals surface area contributed by atoms with Crippen LogP contribution in [0.4, 0.5) is 15.2 Å². The van der Waals surface area contributed by atoms with Crippen molar-refractivity contribution in [1.29, 1.82) is 0 Å². The van der Waals surface area contributed by atoms with Crippen molar-refractivity contribution < 1.29 is 12.8 Å². The minimum Gasteiger partial charge on any atom is -0.384 e. The number of hydrogen-bond acceptors (Lipinski definition) is 7. The summed E-state index contributed by atoms with van der Waals surface area (Å²) in [5.41, 5.74) is 0.533. The quantitative estimate of drug-likeness (QED) is 0.411. The Balaban J connectivity index is 1.48. The van der Waals surface area contributed by atoms with Crippen LogP contribution >= 0.6 is 27.5 Å². The van der Waals surface area contributed by atoms with Gasteiger partial charge in [-0.3, -0.25) is 4.72 Å². The maximum Gasteiger partial charge on any atom is 0.266 e. The van der Waals surface area contributed by atoms with E-state index in [1.165, 1.54) is 44.1 Å². The van der Waals surface area contributed by atoms with Crippen LogP contribution in [0.3, 0.4) is 0 Å². The molecular formula is C17H23BrFN5O2S2. The van der Waals surface area contributed by atoms with Crippen LogP contribution in [-0.2, 0) is 10.0 Å². The van der Waals surface area contributed by atoms with Gasteiger partial charge in [-0.05, 0) is 53.9 Å². The van der Waals surface area contributed by atoms with Crippen molar-refractivity contribution in [2.45, 2.75) is 49.5 Å². The standard InChI is InChI=1S/C17H23BrFN5O2S2/c18-13-9-16(28(25,26)24-17-22-11-23-27-17)14(19)10-15(13)21-7-4-2-1-3-5-12-6-8-20-12/h9-12,20-21H,1-8H2,(H,22,23,24)/t12-/m0/s1. The Morgan fingerprint density at radius 3 is 2.75 bits per heavy atom. The highest BCUT2D eigenvalue weighted by atomic mass is 79.9. The highest BCUT2D eigenvalue weighted by Crippen LogP contribution is 2.29. The first kappa shape index (κ1) is 21.4. The molecule has 154 valence electrons. The van der Waals surface area contributed by atoms with E-state index >= 15 is 0 Å². The summed E-state index contributed by atoms with van der Waals surface area (Å²) in [5.74, 6) is -0.823. The van der Waals surface area contributed by atoms with Gasteiger partial charge in [0.15, 0.2) is 0 Å². The minimum absolute atomic E-state index is 0.0887. The largest absolute Gasteiger partial charge is 0.384 e. The molecule has 1 aliphatic heterocycles. The Morgan fingerprint density at radius 1 is 1.29 bits per heavy atom. The van der Waals surface area contributed by atoms with E-state index in [0.717, 1.165) is 30.9 Å². The highest BCUT2D eigenvalue weighted by Gasteiger charge is 2.22. The third-order valence-corrected chi connectivity index (χ3v) is 7.33. The van der Waals surface area contributed by atoms with E-state index in [4.69, 9.17) is 0 Å². The molecule has 1 fully saturated rings. The molecule has 28 heavy (non-hydrogen) atoms. The fourth-order valence-electron chi connectivity index (χ4n) is 2.95. The van der Waals surface area contributed by atoms with Crippen LogP contribution in [0.2, 0.25) is 0 Å². The normalized spacial score (nSPS) is 16.6. The Kier molecular flexibility index (Phi) is 7.61. The molecule has 1 aliphatic rings. The van der Waals surface area contributed by atoms with Crippen LogP contribution < -0.4 is 15.4 Å². The topological polar surface area (TPSA) is 96.0 Å². The second-order valence-electron chi connectivity index (χ2n) is 6.68. The van der Waals surface area contributed by atoms with Crippen molar-refractivity contribution in [2.75, 3.05) is 23.1 Å². The van der Waals surface area contributed by atoms with Gasteiger partial charge in [0.1, 0.15) is 17.0 Å². The van der Waals surface area contributed by atoms with Crippen molar-refractivity contribution in [2.24, 2.45) is 0 Å². The van der Waals surface area contributed by atoms with Crippen molar-refractivity contribution in [3.05, 3.63) is 28.7 Å². The van der Waals surface area contributed by atoms with E-state index in [1.807, 2.05) is 0 Å². The molecule has 1 aromatic heterocycles. The number of halogens is 2. The molecule has 0 aliphatic carbocycles. The van der Waals surface area contributed by atoms with Gasteiger partial charge in [0, 0.05) is 28.6 Å². The second kappa shape index (κ2) is 9.95. The van der Waals surface area contributed by atoms with Crippen LogP contribution in [-0.4, -0.2) is 36.9 Å².